The van der Waals surface area contributed by atoms with Crippen molar-refractivity contribution in [1.29, 1.82) is 0 Å². The van der Waals surface area contributed by atoms with Crippen LogP contribution in [-0.2, 0) is 5.41 Å². The van der Waals surface area contributed by atoms with E-state index < -0.39 is 5.41 Å². The Kier molecular flexibility index (Phi) is 5.79. The minimum atomic E-state index is -0.449. The highest BCUT2D eigenvalue weighted by Gasteiger charge is 2.51. The Morgan fingerprint density at radius 1 is 0.404 bits per heavy atom. The summed E-state index contributed by atoms with van der Waals surface area (Å²) in [5.74, 6) is 0. The summed E-state index contributed by atoms with van der Waals surface area (Å²) in [6.07, 6.45) is 7.72. The van der Waals surface area contributed by atoms with E-state index in [1.807, 2.05) is 35.8 Å². The lowest BCUT2D eigenvalue weighted by Crippen LogP contribution is -2.26. The van der Waals surface area contributed by atoms with Crippen LogP contribution in [0.3, 0.4) is 0 Å². The molecule has 4 nitrogen and oxygen atoms in total. The molecule has 4 aromatic carbocycles. The number of thiazole rings is 2. The van der Waals surface area contributed by atoms with Gasteiger partial charge >= 0.3 is 0 Å². The Morgan fingerprint density at radius 2 is 0.851 bits per heavy atom. The number of nitrogens with zero attached hydrogens (tertiary/aromatic N) is 4. The Hall–Kier alpha value is -5.56. The number of rotatable bonds is 4. The monoisotopic (exact) mass is 636 g/mol. The minimum Gasteiger partial charge on any atom is -0.255 e. The minimum absolute atomic E-state index is 0.449. The number of hydrogen-bond donors (Lipinski definition) is 0. The first-order valence-electron chi connectivity index (χ1n) is 15.5. The van der Waals surface area contributed by atoms with Gasteiger partial charge in [0, 0.05) is 35.9 Å². The summed E-state index contributed by atoms with van der Waals surface area (Å²) in [5, 5.41) is 0. The van der Waals surface area contributed by atoms with E-state index in [2.05, 4.69) is 119 Å². The van der Waals surface area contributed by atoms with Gasteiger partial charge in [0.2, 0.25) is 0 Å². The third kappa shape index (κ3) is 3.86. The smallest absolute Gasteiger partial charge is 0.0818 e. The molecule has 0 aliphatic heterocycles. The predicted molar refractivity (Wildman–Crippen MR) is 191 cm³/mol. The highest BCUT2D eigenvalue weighted by molar-refractivity contribution is 7.13. The topological polar surface area (TPSA) is 51.6 Å². The largest absolute Gasteiger partial charge is 0.255 e. The lowest BCUT2D eigenvalue weighted by Gasteiger charge is -2.31. The van der Waals surface area contributed by atoms with Crippen molar-refractivity contribution in [2.75, 3.05) is 0 Å². The predicted octanol–water partition coefficient (Wildman–Crippen LogP) is 10.4. The van der Waals surface area contributed by atoms with Crippen molar-refractivity contribution in [1.82, 2.24) is 19.9 Å². The van der Waals surface area contributed by atoms with Crippen LogP contribution in [0.1, 0.15) is 22.3 Å². The van der Waals surface area contributed by atoms with Gasteiger partial charge in [0.15, 0.2) is 0 Å². The molecular weight excluding hydrogens is 613 g/mol. The molecule has 0 unspecified atom stereocenters. The van der Waals surface area contributed by atoms with Crippen molar-refractivity contribution < 1.29 is 0 Å². The fraction of sp³-hybridized carbons (Fsp3) is 0.0244. The average Bonchev–Trinajstić information content (AvgIpc) is 3.96. The molecule has 4 heterocycles. The summed E-state index contributed by atoms with van der Waals surface area (Å²) in [4.78, 5) is 20.2. The Bertz CT molecular complexity index is 2270. The first-order chi connectivity index (χ1) is 23.3. The lowest BCUT2D eigenvalue weighted by molar-refractivity contribution is 0.794. The maximum atomic E-state index is 4.82. The van der Waals surface area contributed by atoms with E-state index in [9.17, 15) is 0 Å². The van der Waals surface area contributed by atoms with E-state index >= 15 is 0 Å². The highest BCUT2D eigenvalue weighted by Crippen LogP contribution is 2.63. The van der Waals surface area contributed by atoms with Crippen LogP contribution in [0.4, 0.5) is 0 Å². The summed E-state index contributed by atoms with van der Waals surface area (Å²) >= 11 is 3.21. The molecule has 2 aliphatic rings. The highest BCUT2D eigenvalue weighted by atomic mass is 32.1. The van der Waals surface area contributed by atoms with Crippen molar-refractivity contribution >= 4 is 22.7 Å². The van der Waals surface area contributed by atoms with Gasteiger partial charge in [-0.2, -0.15) is 0 Å². The van der Waals surface area contributed by atoms with E-state index in [0.29, 0.717) is 0 Å². The second-order valence-corrected chi connectivity index (χ2v) is 13.7. The maximum Gasteiger partial charge on any atom is 0.0818 e. The van der Waals surface area contributed by atoms with Gasteiger partial charge < -0.3 is 0 Å². The number of aromatic nitrogens is 4. The van der Waals surface area contributed by atoms with Crippen LogP contribution in [0.2, 0.25) is 0 Å². The summed E-state index contributed by atoms with van der Waals surface area (Å²) in [6, 6.07) is 40.3. The third-order valence-corrected chi connectivity index (χ3v) is 11.2. The van der Waals surface area contributed by atoms with Gasteiger partial charge in [-0.3, -0.25) is 19.9 Å². The van der Waals surface area contributed by atoms with E-state index in [1.54, 1.807) is 22.7 Å². The van der Waals surface area contributed by atoms with Gasteiger partial charge in [0.1, 0.15) is 0 Å². The Balaban J connectivity index is 1.18. The van der Waals surface area contributed by atoms with Crippen molar-refractivity contribution in [3.8, 4) is 65.6 Å². The van der Waals surface area contributed by atoms with Crippen LogP contribution in [0.5, 0.6) is 0 Å². The average molecular weight is 637 g/mol. The molecule has 8 aromatic rings. The summed E-state index contributed by atoms with van der Waals surface area (Å²) in [7, 11) is 0. The molecule has 220 valence electrons. The molecular formula is C41H24N4S2. The first kappa shape index (κ1) is 26.6. The van der Waals surface area contributed by atoms with Crippen LogP contribution in [-0.4, -0.2) is 19.9 Å². The SMILES string of the molecule is c1ccc2c(c1)-c1ccccc1C21c2cc(-c3ccc(-c4cncs4)nc3)ccc2-c2ccc(-c3ccc(-c4cncs4)nc3)cc21. The van der Waals surface area contributed by atoms with Crippen molar-refractivity contribution in [2.24, 2.45) is 0 Å². The van der Waals surface area contributed by atoms with Crippen LogP contribution in [0.15, 0.2) is 145 Å². The van der Waals surface area contributed by atoms with Crippen molar-refractivity contribution in [3.05, 3.63) is 167 Å². The third-order valence-electron chi connectivity index (χ3n) is 9.65. The zero-order valence-corrected chi connectivity index (χ0v) is 26.6. The van der Waals surface area contributed by atoms with E-state index in [4.69, 9.17) is 9.97 Å². The fourth-order valence-electron chi connectivity index (χ4n) is 7.60. The molecule has 0 radical (unpaired) electrons. The Morgan fingerprint density at radius 3 is 1.28 bits per heavy atom. The number of benzene rings is 4. The molecule has 0 saturated heterocycles. The molecule has 0 fully saturated rings. The van der Waals surface area contributed by atoms with Gasteiger partial charge in [-0.25, -0.2) is 0 Å². The van der Waals surface area contributed by atoms with Gasteiger partial charge in [-0.15, -0.1) is 22.7 Å². The van der Waals surface area contributed by atoms with Crippen molar-refractivity contribution in [3.63, 3.8) is 0 Å². The summed E-state index contributed by atoms with van der Waals surface area (Å²) in [5.41, 5.74) is 20.1. The second kappa shape index (κ2) is 10.2. The molecule has 0 atom stereocenters. The first-order valence-corrected chi connectivity index (χ1v) is 17.2. The molecule has 6 heteroatoms. The molecule has 1 spiro atoms. The van der Waals surface area contributed by atoms with Gasteiger partial charge in [-0.05, 0) is 79.9 Å². The second-order valence-electron chi connectivity index (χ2n) is 12.0. The molecule has 0 N–H and O–H groups in total. The molecule has 0 amide bonds. The normalized spacial score (nSPS) is 13.3. The number of pyridine rings is 2. The molecule has 0 bridgehead atoms. The number of fused-ring (bicyclic) bond motifs is 10. The molecule has 0 saturated carbocycles. The quantitative estimate of drug-likeness (QED) is 0.193. The van der Waals surface area contributed by atoms with Crippen molar-refractivity contribution in [2.45, 2.75) is 5.41 Å². The zero-order chi connectivity index (χ0) is 31.0. The van der Waals surface area contributed by atoms with E-state index in [1.165, 1.54) is 44.5 Å². The molecule has 47 heavy (non-hydrogen) atoms. The molecule has 4 aromatic heterocycles. The summed E-state index contributed by atoms with van der Waals surface area (Å²) < 4.78 is 0. The Labute approximate surface area is 279 Å². The van der Waals surface area contributed by atoms with Crippen LogP contribution >= 0.6 is 22.7 Å². The molecule has 2 aliphatic carbocycles. The standard InChI is InChI=1S/C41H24N4S2/c1-3-7-33-29(5-1)30-6-2-4-8-34(30)41(33)35-17-25(27-11-15-37(44-19-27)39-21-42-23-46-39)9-13-31(35)32-14-10-26(18-36(32)41)28-12-16-38(45-20-28)40-22-43-24-47-40/h1-24H. The van der Waals surface area contributed by atoms with Gasteiger partial charge in [-0.1, -0.05) is 84.9 Å². The summed E-state index contributed by atoms with van der Waals surface area (Å²) in [6.45, 7) is 0. The van der Waals surface area contributed by atoms with E-state index in [0.717, 1.165) is 43.4 Å². The van der Waals surface area contributed by atoms with Gasteiger partial charge in [0.05, 0.1) is 37.6 Å². The van der Waals surface area contributed by atoms with Crippen LogP contribution < -0.4 is 0 Å². The maximum absolute atomic E-state index is 4.82. The molecule has 10 rings (SSSR count). The van der Waals surface area contributed by atoms with E-state index in [-0.39, 0.29) is 0 Å². The lowest BCUT2D eigenvalue weighted by atomic mass is 9.70. The zero-order valence-electron chi connectivity index (χ0n) is 25.0. The fourth-order valence-corrected chi connectivity index (χ4v) is 8.80. The van der Waals surface area contributed by atoms with Gasteiger partial charge in [0.25, 0.3) is 0 Å². The van der Waals surface area contributed by atoms with Crippen LogP contribution in [0.25, 0.3) is 65.6 Å². The number of hydrogen-bond acceptors (Lipinski definition) is 6. The van der Waals surface area contributed by atoms with Crippen LogP contribution in [0, 0.1) is 0 Å².